The molecule has 0 spiro atoms. The highest BCUT2D eigenvalue weighted by Crippen LogP contribution is 2.38. The molecular weight excluding hydrogens is 400 g/mol. The largest absolute Gasteiger partial charge is 0.383 e. The van der Waals surface area contributed by atoms with Crippen LogP contribution in [0.1, 0.15) is 45.4 Å². The second-order valence-electron chi connectivity index (χ2n) is 5.33. The van der Waals surface area contributed by atoms with Crippen LogP contribution in [0.25, 0.3) is 0 Å². The average Bonchev–Trinajstić information content (AvgIpc) is 2.86. The fraction of sp³-hybridized carbons (Fsp3) is 0.375. The van der Waals surface area contributed by atoms with Crippen molar-refractivity contribution in [3.8, 4) is 0 Å². The Morgan fingerprint density at radius 2 is 1.85 bits per heavy atom. The molecular formula is C16H16Br2OS. The zero-order valence-corrected chi connectivity index (χ0v) is 15.2. The molecule has 0 bridgehead atoms. The molecule has 1 aliphatic carbocycles. The van der Waals surface area contributed by atoms with Gasteiger partial charge in [-0.25, -0.2) is 0 Å². The maximum Gasteiger partial charge on any atom is 0.114 e. The van der Waals surface area contributed by atoms with Gasteiger partial charge in [-0.3, -0.25) is 0 Å². The van der Waals surface area contributed by atoms with Gasteiger partial charge in [0.2, 0.25) is 0 Å². The van der Waals surface area contributed by atoms with Gasteiger partial charge in [0.25, 0.3) is 0 Å². The van der Waals surface area contributed by atoms with Crippen LogP contribution in [0.2, 0.25) is 0 Å². The lowest BCUT2D eigenvalue weighted by Gasteiger charge is -2.13. The standard InChI is InChI=1S/C16H16Br2OS/c1-9-6-13(18)11(8-12(9)17)16(19)15-7-10-4-2-3-5-14(10)20-15/h6-8,16,19H,2-5H2,1H3. The van der Waals surface area contributed by atoms with Crippen molar-refractivity contribution in [2.45, 2.75) is 38.7 Å². The molecule has 106 valence electrons. The summed E-state index contributed by atoms with van der Waals surface area (Å²) >= 11 is 8.90. The van der Waals surface area contributed by atoms with Crippen LogP contribution in [0.4, 0.5) is 0 Å². The van der Waals surface area contributed by atoms with Crippen molar-refractivity contribution in [2.75, 3.05) is 0 Å². The van der Waals surface area contributed by atoms with Crippen LogP contribution in [-0.2, 0) is 12.8 Å². The molecule has 20 heavy (non-hydrogen) atoms. The summed E-state index contributed by atoms with van der Waals surface area (Å²) in [6, 6.07) is 6.27. The van der Waals surface area contributed by atoms with Crippen molar-refractivity contribution in [1.82, 2.24) is 0 Å². The lowest BCUT2D eigenvalue weighted by Crippen LogP contribution is -1.99. The van der Waals surface area contributed by atoms with Gasteiger partial charge in [0.05, 0.1) is 0 Å². The summed E-state index contributed by atoms with van der Waals surface area (Å²) in [6.45, 7) is 2.05. The Kier molecular flexibility index (Phi) is 4.37. The smallest absolute Gasteiger partial charge is 0.114 e. The molecule has 1 heterocycles. The van der Waals surface area contributed by atoms with E-state index in [9.17, 15) is 5.11 Å². The van der Waals surface area contributed by atoms with Crippen molar-refractivity contribution in [2.24, 2.45) is 0 Å². The molecule has 2 aromatic rings. The first-order valence-corrected chi connectivity index (χ1v) is 9.21. The van der Waals surface area contributed by atoms with E-state index in [1.807, 2.05) is 6.07 Å². The second-order valence-corrected chi connectivity index (χ2v) is 8.21. The summed E-state index contributed by atoms with van der Waals surface area (Å²) in [5, 5.41) is 10.7. The number of thiophene rings is 1. The Labute approximate surface area is 140 Å². The number of rotatable bonds is 2. The van der Waals surface area contributed by atoms with E-state index in [4.69, 9.17) is 0 Å². The van der Waals surface area contributed by atoms with Gasteiger partial charge in [-0.05, 0) is 61.9 Å². The summed E-state index contributed by atoms with van der Waals surface area (Å²) in [4.78, 5) is 2.53. The van der Waals surface area contributed by atoms with Crippen LogP contribution >= 0.6 is 43.2 Å². The van der Waals surface area contributed by atoms with E-state index in [0.29, 0.717) is 0 Å². The molecule has 1 nitrogen and oxygen atoms in total. The monoisotopic (exact) mass is 414 g/mol. The average molecular weight is 416 g/mol. The second kappa shape index (κ2) is 5.91. The highest BCUT2D eigenvalue weighted by atomic mass is 79.9. The lowest BCUT2D eigenvalue weighted by molar-refractivity contribution is 0.223. The fourth-order valence-electron chi connectivity index (χ4n) is 2.67. The Hall–Kier alpha value is -0.160. The number of hydrogen-bond acceptors (Lipinski definition) is 2. The minimum atomic E-state index is -0.545. The number of fused-ring (bicyclic) bond motifs is 1. The number of aliphatic hydroxyl groups excluding tert-OH is 1. The van der Waals surface area contributed by atoms with Gasteiger partial charge >= 0.3 is 0 Å². The zero-order chi connectivity index (χ0) is 14.3. The normalized spacial score (nSPS) is 16.0. The van der Waals surface area contributed by atoms with Crippen LogP contribution in [0.5, 0.6) is 0 Å². The number of hydrogen-bond donors (Lipinski definition) is 1. The van der Waals surface area contributed by atoms with Crippen LogP contribution < -0.4 is 0 Å². The van der Waals surface area contributed by atoms with Crippen molar-refractivity contribution in [3.05, 3.63) is 53.6 Å². The van der Waals surface area contributed by atoms with E-state index in [0.717, 1.165) is 25.8 Å². The maximum atomic E-state index is 10.7. The third-order valence-corrected chi connectivity index (χ3v) is 6.69. The van der Waals surface area contributed by atoms with Gasteiger partial charge < -0.3 is 5.11 Å². The highest BCUT2D eigenvalue weighted by molar-refractivity contribution is 9.11. The van der Waals surface area contributed by atoms with Crippen LogP contribution in [0, 0.1) is 6.92 Å². The molecule has 0 aliphatic heterocycles. The fourth-order valence-corrected chi connectivity index (χ4v) is 4.97. The molecule has 3 rings (SSSR count). The number of aryl methyl sites for hydroxylation is 3. The van der Waals surface area contributed by atoms with E-state index < -0.39 is 6.10 Å². The summed E-state index contributed by atoms with van der Waals surface area (Å²) in [5.41, 5.74) is 3.54. The van der Waals surface area contributed by atoms with Gasteiger partial charge in [0, 0.05) is 24.3 Å². The summed E-state index contributed by atoms with van der Waals surface area (Å²) in [6.07, 6.45) is 4.35. The minimum absolute atomic E-state index is 0.545. The first-order valence-electron chi connectivity index (χ1n) is 6.81. The number of aliphatic hydroxyl groups is 1. The zero-order valence-electron chi connectivity index (χ0n) is 11.2. The quantitative estimate of drug-likeness (QED) is 0.682. The Balaban J connectivity index is 1.98. The van der Waals surface area contributed by atoms with Crippen molar-refractivity contribution in [1.29, 1.82) is 0 Å². The highest BCUT2D eigenvalue weighted by Gasteiger charge is 2.21. The predicted octanol–water partition coefficient (Wildman–Crippen LogP) is 5.54. The van der Waals surface area contributed by atoms with Crippen molar-refractivity contribution < 1.29 is 5.11 Å². The van der Waals surface area contributed by atoms with E-state index >= 15 is 0 Å². The van der Waals surface area contributed by atoms with Gasteiger partial charge in [0.1, 0.15) is 6.10 Å². The minimum Gasteiger partial charge on any atom is -0.383 e. The predicted molar refractivity (Wildman–Crippen MR) is 91.6 cm³/mol. The molecule has 1 unspecified atom stereocenters. The van der Waals surface area contributed by atoms with E-state index in [1.165, 1.54) is 35.3 Å². The van der Waals surface area contributed by atoms with E-state index in [-0.39, 0.29) is 0 Å². The molecule has 1 N–H and O–H groups in total. The molecule has 0 radical (unpaired) electrons. The lowest BCUT2D eigenvalue weighted by atomic mass is 9.98. The molecule has 0 saturated heterocycles. The molecule has 0 fully saturated rings. The van der Waals surface area contributed by atoms with Crippen LogP contribution in [-0.4, -0.2) is 5.11 Å². The van der Waals surface area contributed by atoms with Gasteiger partial charge in [0.15, 0.2) is 0 Å². The van der Waals surface area contributed by atoms with Gasteiger partial charge in [-0.1, -0.05) is 31.9 Å². The van der Waals surface area contributed by atoms with Gasteiger partial charge in [-0.2, -0.15) is 0 Å². The van der Waals surface area contributed by atoms with E-state index in [1.54, 1.807) is 11.3 Å². The third kappa shape index (κ3) is 2.76. The van der Waals surface area contributed by atoms with Crippen molar-refractivity contribution >= 4 is 43.2 Å². The molecule has 1 atom stereocenters. The third-order valence-electron chi connectivity index (χ3n) is 3.86. The molecule has 1 aliphatic rings. The Morgan fingerprint density at radius 3 is 2.60 bits per heavy atom. The van der Waals surface area contributed by atoms with Crippen molar-refractivity contribution in [3.63, 3.8) is 0 Å². The maximum absolute atomic E-state index is 10.7. The summed E-state index contributed by atoms with van der Waals surface area (Å²) < 4.78 is 2.01. The first kappa shape index (κ1) is 14.8. The summed E-state index contributed by atoms with van der Waals surface area (Å²) in [5.74, 6) is 0. The Morgan fingerprint density at radius 1 is 1.10 bits per heavy atom. The van der Waals surface area contributed by atoms with E-state index in [2.05, 4.69) is 50.9 Å². The molecule has 4 heteroatoms. The number of halogens is 2. The number of benzene rings is 1. The van der Waals surface area contributed by atoms with Crippen LogP contribution in [0.15, 0.2) is 27.1 Å². The topological polar surface area (TPSA) is 20.2 Å². The SMILES string of the molecule is Cc1cc(Br)c(C(O)c2cc3c(s2)CCCC3)cc1Br. The molecule has 1 aromatic heterocycles. The Bertz CT molecular complexity index is 625. The molecule has 0 saturated carbocycles. The van der Waals surface area contributed by atoms with Crippen LogP contribution in [0.3, 0.4) is 0 Å². The molecule has 1 aromatic carbocycles. The summed E-state index contributed by atoms with van der Waals surface area (Å²) in [7, 11) is 0. The van der Waals surface area contributed by atoms with Gasteiger partial charge in [-0.15, -0.1) is 11.3 Å². The molecule has 0 amide bonds. The first-order chi connectivity index (χ1) is 9.56.